The summed E-state index contributed by atoms with van der Waals surface area (Å²) in [6.45, 7) is 2.97. The van der Waals surface area contributed by atoms with Crippen LogP contribution in [0.25, 0.3) is 0 Å². The summed E-state index contributed by atoms with van der Waals surface area (Å²) in [6.07, 6.45) is 6.11. The van der Waals surface area contributed by atoms with Crippen LogP contribution in [0.4, 0.5) is 0 Å². The van der Waals surface area contributed by atoms with E-state index in [9.17, 15) is 9.59 Å². The summed E-state index contributed by atoms with van der Waals surface area (Å²) in [7, 11) is 1.98. The van der Waals surface area contributed by atoms with Crippen molar-refractivity contribution in [1.82, 2.24) is 14.5 Å². The van der Waals surface area contributed by atoms with Crippen molar-refractivity contribution >= 4 is 11.7 Å². The molecule has 1 saturated heterocycles. The predicted molar refractivity (Wildman–Crippen MR) is 69.5 cm³/mol. The van der Waals surface area contributed by atoms with Gasteiger partial charge in [0.1, 0.15) is 17.0 Å². The van der Waals surface area contributed by atoms with E-state index >= 15 is 0 Å². The second kappa shape index (κ2) is 4.18. The van der Waals surface area contributed by atoms with Crippen molar-refractivity contribution in [3.63, 3.8) is 0 Å². The number of nitrogens with zero attached hydrogens (tertiary/aromatic N) is 3. The van der Waals surface area contributed by atoms with E-state index in [2.05, 4.69) is 4.98 Å². The Labute approximate surface area is 112 Å². The molecule has 1 aromatic heterocycles. The first-order valence-electron chi connectivity index (χ1n) is 6.82. The lowest BCUT2D eigenvalue weighted by Gasteiger charge is -2.21. The smallest absolute Gasteiger partial charge is 0.236 e. The number of likely N-dealkylation sites (tertiary alicyclic amines) is 1. The molecule has 1 aromatic rings. The van der Waals surface area contributed by atoms with Crippen molar-refractivity contribution in [3.8, 4) is 0 Å². The van der Waals surface area contributed by atoms with Crippen LogP contribution in [-0.4, -0.2) is 39.2 Å². The quantitative estimate of drug-likeness (QED) is 0.766. The lowest BCUT2D eigenvalue weighted by Crippen LogP contribution is -2.38. The molecule has 1 aliphatic carbocycles. The third-order valence-corrected chi connectivity index (χ3v) is 4.53. The Morgan fingerprint density at radius 2 is 2.16 bits per heavy atom. The van der Waals surface area contributed by atoms with Gasteiger partial charge in [-0.05, 0) is 26.2 Å². The molecule has 102 valence electrons. The van der Waals surface area contributed by atoms with Crippen LogP contribution in [0.5, 0.6) is 0 Å². The van der Waals surface area contributed by atoms with E-state index in [0.717, 1.165) is 31.6 Å². The van der Waals surface area contributed by atoms with Gasteiger partial charge in [0.05, 0.1) is 0 Å². The minimum absolute atomic E-state index is 0.0259. The summed E-state index contributed by atoms with van der Waals surface area (Å²) in [6, 6.07) is 0. The first kappa shape index (κ1) is 12.4. The molecule has 1 saturated carbocycles. The molecule has 0 spiro atoms. The van der Waals surface area contributed by atoms with Crippen LogP contribution in [0.1, 0.15) is 37.9 Å². The van der Waals surface area contributed by atoms with Crippen LogP contribution in [0.2, 0.25) is 0 Å². The van der Waals surface area contributed by atoms with Gasteiger partial charge in [0.25, 0.3) is 0 Å². The molecular weight excluding hydrogens is 242 g/mol. The Balaban J connectivity index is 1.72. The van der Waals surface area contributed by atoms with Crippen molar-refractivity contribution in [2.24, 2.45) is 12.5 Å². The highest BCUT2D eigenvalue weighted by atomic mass is 16.2. The van der Waals surface area contributed by atoms with Crippen LogP contribution in [0, 0.1) is 5.41 Å². The molecule has 5 heteroatoms. The normalized spacial score (nSPS) is 24.5. The van der Waals surface area contributed by atoms with Crippen LogP contribution < -0.4 is 0 Å². The first-order valence-corrected chi connectivity index (χ1v) is 6.82. The Morgan fingerprint density at radius 3 is 2.68 bits per heavy atom. The maximum atomic E-state index is 12.4. The Hall–Kier alpha value is -1.65. The van der Waals surface area contributed by atoms with Gasteiger partial charge in [0, 0.05) is 38.4 Å². The molecule has 0 radical (unpaired) electrons. The lowest BCUT2D eigenvalue weighted by atomic mass is 10.0. The molecule has 1 amide bonds. The van der Waals surface area contributed by atoms with Gasteiger partial charge in [-0.25, -0.2) is 4.98 Å². The molecule has 1 aliphatic heterocycles. The second-order valence-electron chi connectivity index (χ2n) is 5.77. The first-order chi connectivity index (χ1) is 9.04. The minimum atomic E-state index is -0.670. The third kappa shape index (κ3) is 1.88. The maximum absolute atomic E-state index is 12.4. The fourth-order valence-corrected chi connectivity index (χ4v) is 3.07. The van der Waals surface area contributed by atoms with Crippen molar-refractivity contribution < 1.29 is 9.59 Å². The van der Waals surface area contributed by atoms with Gasteiger partial charge in [-0.15, -0.1) is 0 Å². The highest BCUT2D eigenvalue weighted by Crippen LogP contribution is 2.48. The van der Waals surface area contributed by atoms with Crippen molar-refractivity contribution in [3.05, 3.63) is 18.2 Å². The summed E-state index contributed by atoms with van der Waals surface area (Å²) in [4.78, 5) is 30.3. The third-order valence-electron chi connectivity index (χ3n) is 4.53. The van der Waals surface area contributed by atoms with E-state index in [1.807, 2.05) is 22.7 Å². The average Bonchev–Trinajstić information content (AvgIpc) is 2.86. The van der Waals surface area contributed by atoms with Crippen LogP contribution in [0.15, 0.2) is 12.4 Å². The number of imidazole rings is 1. The van der Waals surface area contributed by atoms with Crippen molar-refractivity contribution in [2.45, 2.75) is 32.1 Å². The fraction of sp³-hybridized carbons (Fsp3) is 0.643. The summed E-state index contributed by atoms with van der Waals surface area (Å²) >= 11 is 0. The van der Waals surface area contributed by atoms with Crippen LogP contribution >= 0.6 is 0 Å². The molecule has 0 bridgehead atoms. The number of carbonyl (C=O) groups excluding carboxylic acids is 2. The Bertz CT molecular complexity index is 531. The van der Waals surface area contributed by atoms with E-state index in [-0.39, 0.29) is 11.7 Å². The SMILES string of the molecule is CC(=O)C1(C(=O)N2CCC(c3nccn3C)C2)CC1. The van der Waals surface area contributed by atoms with Gasteiger partial charge in [-0.1, -0.05) is 0 Å². The predicted octanol–water partition coefficient (Wildman–Crippen LogP) is 1.11. The monoisotopic (exact) mass is 261 g/mol. The number of hydrogen-bond acceptors (Lipinski definition) is 3. The molecule has 5 nitrogen and oxygen atoms in total. The number of aryl methyl sites for hydroxylation is 1. The molecule has 19 heavy (non-hydrogen) atoms. The lowest BCUT2D eigenvalue weighted by molar-refractivity contribution is -0.141. The zero-order chi connectivity index (χ0) is 13.6. The number of Topliss-reactive ketones (excluding diaryl/α,β-unsaturated/α-hetero) is 1. The standard InChI is InChI=1S/C14H19N3O2/c1-10(18)14(4-5-14)13(19)17-7-3-11(9-17)12-15-6-8-16(12)2/h6,8,11H,3-5,7,9H2,1-2H3. The fourth-order valence-electron chi connectivity index (χ4n) is 3.07. The largest absolute Gasteiger partial charge is 0.341 e. The average molecular weight is 261 g/mol. The zero-order valence-corrected chi connectivity index (χ0v) is 11.4. The molecule has 0 aromatic carbocycles. The highest BCUT2D eigenvalue weighted by molar-refractivity contribution is 6.07. The van der Waals surface area contributed by atoms with Gasteiger partial charge in [-0.2, -0.15) is 0 Å². The van der Waals surface area contributed by atoms with E-state index in [1.54, 1.807) is 6.20 Å². The molecule has 3 rings (SSSR count). The van der Waals surface area contributed by atoms with E-state index in [1.165, 1.54) is 6.92 Å². The second-order valence-corrected chi connectivity index (χ2v) is 5.77. The number of rotatable bonds is 3. The molecular formula is C14H19N3O2. The van der Waals surface area contributed by atoms with Gasteiger partial charge < -0.3 is 9.47 Å². The van der Waals surface area contributed by atoms with Crippen molar-refractivity contribution in [1.29, 1.82) is 0 Å². The maximum Gasteiger partial charge on any atom is 0.236 e. The summed E-state index contributed by atoms with van der Waals surface area (Å²) in [5, 5.41) is 0. The van der Waals surface area contributed by atoms with E-state index < -0.39 is 5.41 Å². The zero-order valence-electron chi connectivity index (χ0n) is 11.4. The Morgan fingerprint density at radius 1 is 1.42 bits per heavy atom. The molecule has 0 N–H and O–H groups in total. The number of ketones is 1. The Kier molecular flexibility index (Phi) is 2.73. The number of amides is 1. The van der Waals surface area contributed by atoms with Gasteiger partial charge >= 0.3 is 0 Å². The molecule has 2 fully saturated rings. The summed E-state index contributed by atoms with van der Waals surface area (Å²) < 4.78 is 2.01. The topological polar surface area (TPSA) is 55.2 Å². The van der Waals surface area contributed by atoms with Gasteiger partial charge in [0.15, 0.2) is 0 Å². The minimum Gasteiger partial charge on any atom is -0.341 e. The van der Waals surface area contributed by atoms with Crippen LogP contribution in [0.3, 0.4) is 0 Å². The number of carbonyl (C=O) groups is 2. The molecule has 2 aliphatic rings. The summed E-state index contributed by atoms with van der Waals surface area (Å²) in [5.41, 5.74) is -0.670. The van der Waals surface area contributed by atoms with E-state index in [4.69, 9.17) is 0 Å². The summed E-state index contributed by atoms with van der Waals surface area (Å²) in [5.74, 6) is 1.39. The van der Waals surface area contributed by atoms with Gasteiger partial charge in [0.2, 0.25) is 5.91 Å². The van der Waals surface area contributed by atoms with E-state index in [0.29, 0.717) is 12.5 Å². The molecule has 1 atom stereocenters. The van der Waals surface area contributed by atoms with Crippen molar-refractivity contribution in [2.75, 3.05) is 13.1 Å². The molecule has 2 heterocycles. The molecule has 1 unspecified atom stereocenters. The van der Waals surface area contributed by atoms with Crippen LogP contribution in [-0.2, 0) is 16.6 Å². The number of hydrogen-bond donors (Lipinski definition) is 0. The number of aromatic nitrogens is 2. The van der Waals surface area contributed by atoms with Gasteiger partial charge in [-0.3, -0.25) is 9.59 Å². The highest BCUT2D eigenvalue weighted by Gasteiger charge is 2.56.